The molecule has 0 N–H and O–H groups in total. The first-order valence-electron chi connectivity index (χ1n) is 6.01. The Balaban J connectivity index is 2.23. The summed E-state index contributed by atoms with van der Waals surface area (Å²) in [6.45, 7) is 5.18. The molecule has 0 aliphatic carbocycles. The van der Waals surface area contributed by atoms with Crippen molar-refractivity contribution in [3.05, 3.63) is 0 Å². The van der Waals surface area contributed by atoms with Gasteiger partial charge < -0.3 is 14.4 Å². The standard InChI is InChI=1S/C12H21NO4/c1-9(2)11(14)8-17-10-4-6-13(7-5-10)12(15)16-3/h9-10H,4-8H2,1-3H3. The molecule has 0 aromatic heterocycles. The maximum absolute atomic E-state index is 11.4. The third-order valence-electron chi connectivity index (χ3n) is 2.98. The number of ketones is 1. The summed E-state index contributed by atoms with van der Waals surface area (Å²) in [4.78, 5) is 24.3. The molecule has 5 nitrogen and oxygen atoms in total. The summed E-state index contributed by atoms with van der Waals surface area (Å²) < 4.78 is 10.2. The molecule has 17 heavy (non-hydrogen) atoms. The zero-order valence-corrected chi connectivity index (χ0v) is 10.8. The van der Waals surface area contributed by atoms with Crippen molar-refractivity contribution in [3.8, 4) is 0 Å². The van der Waals surface area contributed by atoms with Crippen molar-refractivity contribution in [1.29, 1.82) is 0 Å². The van der Waals surface area contributed by atoms with Crippen LogP contribution in [0.3, 0.4) is 0 Å². The predicted octanol–water partition coefficient (Wildman–Crippen LogP) is 1.46. The highest BCUT2D eigenvalue weighted by atomic mass is 16.5. The molecule has 1 amide bonds. The van der Waals surface area contributed by atoms with Gasteiger partial charge in [-0.1, -0.05) is 13.8 Å². The molecule has 0 atom stereocenters. The van der Waals surface area contributed by atoms with Crippen LogP contribution in [0.15, 0.2) is 0 Å². The number of hydrogen-bond donors (Lipinski definition) is 0. The van der Waals surface area contributed by atoms with Gasteiger partial charge in [-0.05, 0) is 12.8 Å². The van der Waals surface area contributed by atoms with Crippen molar-refractivity contribution in [1.82, 2.24) is 4.90 Å². The molecule has 5 heteroatoms. The molecule has 1 aliphatic heterocycles. The minimum absolute atomic E-state index is 0.0187. The molecule has 0 bridgehead atoms. The first kappa shape index (κ1) is 14.0. The van der Waals surface area contributed by atoms with E-state index < -0.39 is 0 Å². The second-order valence-corrected chi connectivity index (χ2v) is 4.59. The lowest BCUT2D eigenvalue weighted by Gasteiger charge is -2.30. The van der Waals surface area contributed by atoms with Crippen molar-refractivity contribution < 1.29 is 19.1 Å². The smallest absolute Gasteiger partial charge is 0.409 e. The van der Waals surface area contributed by atoms with Crippen LogP contribution in [0.5, 0.6) is 0 Å². The normalized spacial score (nSPS) is 17.3. The summed E-state index contributed by atoms with van der Waals surface area (Å²) >= 11 is 0. The molecule has 1 aliphatic rings. The van der Waals surface area contributed by atoms with E-state index in [0.29, 0.717) is 13.1 Å². The van der Waals surface area contributed by atoms with E-state index in [0.717, 1.165) is 12.8 Å². The van der Waals surface area contributed by atoms with E-state index in [-0.39, 0.29) is 30.5 Å². The van der Waals surface area contributed by atoms with Crippen LogP contribution in [0.2, 0.25) is 0 Å². The van der Waals surface area contributed by atoms with Gasteiger partial charge in [0.05, 0.1) is 13.2 Å². The Morgan fingerprint density at radius 1 is 1.29 bits per heavy atom. The van der Waals surface area contributed by atoms with Gasteiger partial charge in [0.2, 0.25) is 0 Å². The first-order chi connectivity index (χ1) is 8.04. The Labute approximate surface area is 102 Å². The lowest BCUT2D eigenvalue weighted by Crippen LogP contribution is -2.41. The maximum atomic E-state index is 11.4. The summed E-state index contributed by atoms with van der Waals surface area (Å²) in [5, 5.41) is 0. The van der Waals surface area contributed by atoms with Gasteiger partial charge in [0.15, 0.2) is 5.78 Å². The quantitative estimate of drug-likeness (QED) is 0.750. The van der Waals surface area contributed by atoms with Gasteiger partial charge in [0, 0.05) is 19.0 Å². The molecule has 0 radical (unpaired) electrons. The van der Waals surface area contributed by atoms with Crippen molar-refractivity contribution in [3.63, 3.8) is 0 Å². The van der Waals surface area contributed by atoms with Crippen LogP contribution in [0, 0.1) is 5.92 Å². The van der Waals surface area contributed by atoms with Gasteiger partial charge in [0.25, 0.3) is 0 Å². The van der Waals surface area contributed by atoms with E-state index in [9.17, 15) is 9.59 Å². The lowest BCUT2D eigenvalue weighted by molar-refractivity contribution is -0.129. The Kier molecular flexibility index (Phi) is 5.41. The van der Waals surface area contributed by atoms with Gasteiger partial charge in [-0.15, -0.1) is 0 Å². The molecule has 98 valence electrons. The van der Waals surface area contributed by atoms with Gasteiger partial charge in [-0.3, -0.25) is 4.79 Å². The van der Waals surface area contributed by atoms with Crippen LogP contribution in [0.1, 0.15) is 26.7 Å². The molecular weight excluding hydrogens is 222 g/mol. The third kappa shape index (κ3) is 4.34. The summed E-state index contributed by atoms with van der Waals surface area (Å²) in [6.07, 6.45) is 1.32. The van der Waals surface area contributed by atoms with Crippen LogP contribution in [0.4, 0.5) is 4.79 Å². The zero-order chi connectivity index (χ0) is 12.8. The fraction of sp³-hybridized carbons (Fsp3) is 0.833. The van der Waals surface area contributed by atoms with E-state index in [1.807, 2.05) is 13.8 Å². The average molecular weight is 243 g/mol. The minimum Gasteiger partial charge on any atom is -0.453 e. The van der Waals surface area contributed by atoms with Crippen LogP contribution in [-0.2, 0) is 14.3 Å². The van der Waals surface area contributed by atoms with Gasteiger partial charge >= 0.3 is 6.09 Å². The Morgan fingerprint density at radius 2 is 1.88 bits per heavy atom. The summed E-state index contributed by atoms with van der Waals surface area (Å²) in [6, 6.07) is 0. The van der Waals surface area contributed by atoms with Crippen LogP contribution in [0.25, 0.3) is 0 Å². The molecule has 0 spiro atoms. The number of rotatable bonds is 4. The second kappa shape index (κ2) is 6.59. The van der Waals surface area contributed by atoms with E-state index >= 15 is 0 Å². The fourth-order valence-corrected chi connectivity index (χ4v) is 1.70. The number of piperidine rings is 1. The molecule has 0 saturated carbocycles. The zero-order valence-electron chi connectivity index (χ0n) is 10.8. The SMILES string of the molecule is COC(=O)N1CCC(OCC(=O)C(C)C)CC1. The van der Waals surface area contributed by atoms with Crippen LogP contribution < -0.4 is 0 Å². The third-order valence-corrected chi connectivity index (χ3v) is 2.98. The van der Waals surface area contributed by atoms with E-state index in [4.69, 9.17) is 4.74 Å². The van der Waals surface area contributed by atoms with Crippen molar-refractivity contribution in [2.45, 2.75) is 32.8 Å². The Morgan fingerprint density at radius 3 is 2.35 bits per heavy atom. The number of carbonyl (C=O) groups is 2. The highest BCUT2D eigenvalue weighted by molar-refractivity contribution is 5.81. The molecule has 0 unspecified atom stereocenters. The summed E-state index contributed by atoms with van der Waals surface area (Å²) in [5.74, 6) is 0.144. The largest absolute Gasteiger partial charge is 0.453 e. The minimum atomic E-state index is -0.290. The highest BCUT2D eigenvalue weighted by Crippen LogP contribution is 2.14. The number of hydrogen-bond acceptors (Lipinski definition) is 4. The number of likely N-dealkylation sites (tertiary alicyclic amines) is 1. The molecular formula is C12H21NO4. The molecule has 0 aromatic carbocycles. The van der Waals surface area contributed by atoms with Crippen LogP contribution >= 0.6 is 0 Å². The van der Waals surface area contributed by atoms with Crippen molar-refractivity contribution in [2.75, 3.05) is 26.8 Å². The van der Waals surface area contributed by atoms with Crippen molar-refractivity contribution >= 4 is 11.9 Å². The van der Waals surface area contributed by atoms with Gasteiger partial charge in [-0.2, -0.15) is 0 Å². The monoisotopic (exact) mass is 243 g/mol. The predicted molar refractivity (Wildman–Crippen MR) is 62.8 cm³/mol. The molecule has 1 rings (SSSR count). The number of ether oxygens (including phenoxy) is 2. The maximum Gasteiger partial charge on any atom is 0.409 e. The van der Waals surface area contributed by atoms with Gasteiger partial charge in [-0.25, -0.2) is 4.79 Å². The molecule has 0 aromatic rings. The number of amides is 1. The van der Waals surface area contributed by atoms with Crippen molar-refractivity contribution in [2.24, 2.45) is 5.92 Å². The Bertz CT molecular complexity index is 270. The highest BCUT2D eigenvalue weighted by Gasteiger charge is 2.24. The topological polar surface area (TPSA) is 55.8 Å². The summed E-state index contributed by atoms with van der Waals surface area (Å²) in [7, 11) is 1.38. The Hall–Kier alpha value is -1.10. The molecule has 1 heterocycles. The lowest BCUT2D eigenvalue weighted by atomic mass is 10.1. The summed E-state index contributed by atoms with van der Waals surface area (Å²) in [5.41, 5.74) is 0. The van der Waals surface area contributed by atoms with E-state index in [2.05, 4.69) is 4.74 Å². The fourth-order valence-electron chi connectivity index (χ4n) is 1.70. The number of methoxy groups -OCH3 is 1. The van der Waals surface area contributed by atoms with Gasteiger partial charge in [0.1, 0.15) is 6.61 Å². The number of carbonyl (C=O) groups excluding carboxylic acids is 2. The van der Waals surface area contributed by atoms with E-state index in [1.54, 1.807) is 4.90 Å². The number of Topliss-reactive ketones (excluding diaryl/α,β-unsaturated/α-hetero) is 1. The molecule has 1 fully saturated rings. The number of nitrogens with zero attached hydrogens (tertiary/aromatic N) is 1. The average Bonchev–Trinajstić information content (AvgIpc) is 2.35. The molecule has 1 saturated heterocycles. The van der Waals surface area contributed by atoms with E-state index in [1.165, 1.54) is 7.11 Å². The first-order valence-corrected chi connectivity index (χ1v) is 6.01. The van der Waals surface area contributed by atoms with Crippen LogP contribution in [-0.4, -0.2) is 49.7 Å². The second-order valence-electron chi connectivity index (χ2n) is 4.59.